The zero-order valence-corrected chi connectivity index (χ0v) is 13.3. The first-order valence-corrected chi connectivity index (χ1v) is 9.18. The summed E-state index contributed by atoms with van der Waals surface area (Å²) in [7, 11) is -7.66. The average molecular weight is 358 g/mol. The van der Waals surface area contributed by atoms with Crippen molar-refractivity contribution in [2.45, 2.75) is 9.79 Å². The van der Waals surface area contributed by atoms with Gasteiger partial charge in [-0.2, -0.15) is 4.94 Å². The predicted molar refractivity (Wildman–Crippen MR) is 80.9 cm³/mol. The third-order valence-electron chi connectivity index (χ3n) is 2.56. The van der Waals surface area contributed by atoms with E-state index < -0.39 is 20.0 Å². The summed E-state index contributed by atoms with van der Waals surface area (Å²) in [5, 5.41) is 0. The molecular weight excluding hydrogens is 344 g/mol. The van der Waals surface area contributed by atoms with Crippen LogP contribution in [0, 0.1) is 0 Å². The first-order chi connectivity index (χ1) is 10.9. The molecule has 0 saturated heterocycles. The lowest BCUT2D eigenvalue weighted by atomic mass is 10.4. The van der Waals surface area contributed by atoms with Crippen LogP contribution >= 0.6 is 0 Å². The van der Waals surface area contributed by atoms with Crippen molar-refractivity contribution in [1.29, 1.82) is 0 Å². The predicted octanol–water partition coefficient (Wildman–Crippen LogP) is -0.201. The van der Waals surface area contributed by atoms with Crippen molar-refractivity contribution in [1.82, 2.24) is 20.8 Å². The van der Waals surface area contributed by atoms with E-state index in [9.17, 15) is 16.8 Å². The first-order valence-electron chi connectivity index (χ1n) is 6.21. The molecule has 4 N–H and O–H groups in total. The molecule has 0 spiro atoms. The van der Waals surface area contributed by atoms with Gasteiger partial charge in [-0.15, -0.1) is 20.8 Å². The minimum atomic E-state index is -3.83. The van der Waals surface area contributed by atoms with Gasteiger partial charge < -0.3 is 0 Å². The summed E-state index contributed by atoms with van der Waals surface area (Å²) >= 11 is 0. The summed E-state index contributed by atoms with van der Waals surface area (Å²) in [6.07, 6.45) is 0. The van der Waals surface area contributed by atoms with Crippen molar-refractivity contribution in [2.24, 2.45) is 0 Å². The van der Waals surface area contributed by atoms with E-state index in [1.807, 2.05) is 20.8 Å². The monoisotopic (exact) mass is 358 g/mol. The molecule has 0 aliphatic rings. The Morgan fingerprint density at radius 3 is 1.30 bits per heavy atom. The van der Waals surface area contributed by atoms with E-state index in [4.69, 9.17) is 0 Å². The Hall–Kier alpha value is -1.86. The van der Waals surface area contributed by atoms with Gasteiger partial charge in [-0.1, -0.05) is 36.4 Å². The summed E-state index contributed by atoms with van der Waals surface area (Å²) in [6, 6.07) is 15.1. The average Bonchev–Trinajstić information content (AvgIpc) is 2.56. The van der Waals surface area contributed by atoms with Crippen LogP contribution in [0.2, 0.25) is 0 Å². The van der Waals surface area contributed by atoms with E-state index in [0.29, 0.717) is 0 Å². The fraction of sp³-hybridized carbons (Fsp3) is 0. The van der Waals surface area contributed by atoms with Crippen LogP contribution in [0.15, 0.2) is 70.5 Å². The molecule has 23 heavy (non-hydrogen) atoms. The van der Waals surface area contributed by atoms with E-state index in [-0.39, 0.29) is 9.79 Å². The molecule has 0 radical (unpaired) electrons. The van der Waals surface area contributed by atoms with Gasteiger partial charge in [-0.3, -0.25) is 0 Å². The van der Waals surface area contributed by atoms with E-state index >= 15 is 0 Å². The highest BCUT2D eigenvalue weighted by Crippen LogP contribution is 2.06. The second-order valence-corrected chi connectivity index (χ2v) is 7.51. The molecule has 0 bridgehead atoms. The van der Waals surface area contributed by atoms with Crippen LogP contribution in [0.3, 0.4) is 0 Å². The molecule has 0 aliphatic carbocycles. The van der Waals surface area contributed by atoms with Gasteiger partial charge >= 0.3 is 0 Å². The number of hydrogen-bond acceptors (Lipinski definition) is 7. The molecule has 0 aromatic heterocycles. The van der Waals surface area contributed by atoms with Crippen molar-refractivity contribution in [3.05, 3.63) is 60.7 Å². The van der Waals surface area contributed by atoms with Crippen LogP contribution in [-0.2, 0) is 25.0 Å². The van der Waals surface area contributed by atoms with Crippen LogP contribution < -0.4 is 20.8 Å². The van der Waals surface area contributed by atoms with Crippen molar-refractivity contribution < 1.29 is 21.8 Å². The normalized spacial score (nSPS) is 12.2. The highest BCUT2D eigenvalue weighted by Gasteiger charge is 2.14. The highest BCUT2D eigenvalue weighted by atomic mass is 32.2. The molecule has 124 valence electrons. The van der Waals surface area contributed by atoms with Crippen molar-refractivity contribution in [3.63, 3.8) is 0 Å². The third kappa shape index (κ3) is 5.07. The molecule has 0 aliphatic heterocycles. The minimum Gasteiger partial charge on any atom is -0.206 e. The van der Waals surface area contributed by atoms with Crippen LogP contribution in [0.4, 0.5) is 0 Å². The van der Waals surface area contributed by atoms with Crippen LogP contribution in [0.5, 0.6) is 0 Å². The maximum absolute atomic E-state index is 11.8. The molecule has 2 rings (SSSR count). The molecule has 9 nitrogen and oxygen atoms in total. The van der Waals surface area contributed by atoms with Gasteiger partial charge in [0.15, 0.2) is 0 Å². The molecule has 0 atom stereocenters. The van der Waals surface area contributed by atoms with Gasteiger partial charge in [0.1, 0.15) is 0 Å². The van der Waals surface area contributed by atoms with Crippen molar-refractivity contribution in [2.75, 3.05) is 0 Å². The number of hydrogen-bond donors (Lipinski definition) is 4. The molecule has 0 fully saturated rings. The second-order valence-electron chi connectivity index (χ2n) is 4.14. The standard InChI is InChI=1S/C12H14N4O5S2/c17-22(18,11-7-3-1-4-8-11)15-13-21-14-16-23(19,20)12-9-5-2-6-10-12/h1-10,13-16H. The van der Waals surface area contributed by atoms with E-state index in [1.54, 1.807) is 36.4 Å². The second kappa shape index (κ2) is 7.61. The first kappa shape index (κ1) is 17.5. The number of sulfonamides is 2. The zero-order valence-electron chi connectivity index (χ0n) is 11.6. The minimum absolute atomic E-state index is 0.0148. The topological polar surface area (TPSA) is 126 Å². The van der Waals surface area contributed by atoms with E-state index in [1.165, 1.54) is 24.3 Å². The lowest BCUT2D eigenvalue weighted by Gasteiger charge is -2.10. The van der Waals surface area contributed by atoms with E-state index in [0.717, 1.165) is 0 Å². The van der Waals surface area contributed by atoms with Crippen molar-refractivity contribution in [3.8, 4) is 0 Å². The van der Waals surface area contributed by atoms with Gasteiger partial charge in [-0.25, -0.2) is 16.8 Å². The van der Waals surface area contributed by atoms with Crippen LogP contribution in [0.25, 0.3) is 0 Å². The molecule has 11 heteroatoms. The Kier molecular flexibility index (Phi) is 5.79. The molecule has 0 heterocycles. The molecule has 2 aromatic rings. The van der Waals surface area contributed by atoms with Gasteiger partial charge in [0, 0.05) is 0 Å². The largest absolute Gasteiger partial charge is 0.255 e. The Balaban J connectivity index is 1.80. The number of hydrazine groups is 2. The zero-order chi connectivity index (χ0) is 16.8. The quantitative estimate of drug-likeness (QED) is 0.380. The highest BCUT2D eigenvalue weighted by molar-refractivity contribution is 7.89. The Morgan fingerprint density at radius 1 is 0.609 bits per heavy atom. The van der Waals surface area contributed by atoms with Crippen molar-refractivity contribution >= 4 is 20.0 Å². The van der Waals surface area contributed by atoms with Gasteiger partial charge in [0.2, 0.25) is 0 Å². The smallest absolute Gasteiger partial charge is 0.206 e. The third-order valence-corrected chi connectivity index (χ3v) is 5.05. The summed E-state index contributed by atoms with van der Waals surface area (Å²) in [5.74, 6) is 0. The number of nitrogens with one attached hydrogen (secondary N) is 4. The number of benzene rings is 2. The maximum Gasteiger partial charge on any atom is 0.255 e. The van der Waals surface area contributed by atoms with Gasteiger partial charge in [0.05, 0.1) is 9.79 Å². The molecule has 0 unspecified atom stereocenters. The van der Waals surface area contributed by atoms with E-state index in [2.05, 4.69) is 4.94 Å². The summed E-state index contributed by atoms with van der Waals surface area (Å²) < 4.78 is 47.2. The Bertz CT molecular complexity index is 755. The fourth-order valence-corrected chi connectivity index (χ4v) is 3.06. The maximum atomic E-state index is 11.8. The van der Waals surface area contributed by atoms with Crippen LogP contribution in [-0.4, -0.2) is 16.8 Å². The molecule has 0 saturated carbocycles. The fourth-order valence-electron chi connectivity index (χ4n) is 1.49. The summed E-state index contributed by atoms with van der Waals surface area (Å²) in [6.45, 7) is 0. The summed E-state index contributed by atoms with van der Waals surface area (Å²) in [5.41, 5.74) is 3.74. The Labute approximate surface area is 133 Å². The van der Waals surface area contributed by atoms with Gasteiger partial charge in [-0.05, 0) is 24.3 Å². The van der Waals surface area contributed by atoms with Crippen LogP contribution in [0.1, 0.15) is 0 Å². The van der Waals surface area contributed by atoms with Gasteiger partial charge in [0.25, 0.3) is 20.0 Å². The SMILES string of the molecule is O=S(=O)(NNONNS(=O)(=O)c1ccccc1)c1ccccc1. The lowest BCUT2D eigenvalue weighted by Crippen LogP contribution is -2.46. The molecule has 0 amide bonds. The molecular formula is C12H14N4O5S2. The number of rotatable bonds is 8. The lowest BCUT2D eigenvalue weighted by molar-refractivity contribution is -0.0589. The summed E-state index contributed by atoms with van der Waals surface area (Å²) in [4.78, 5) is 8.31. The molecule has 2 aromatic carbocycles. The Morgan fingerprint density at radius 2 is 0.957 bits per heavy atom.